The van der Waals surface area contributed by atoms with Gasteiger partial charge in [-0.2, -0.15) is 0 Å². The molecule has 0 spiro atoms. The van der Waals surface area contributed by atoms with Crippen LogP contribution in [0.1, 0.15) is 23.4 Å². The van der Waals surface area contributed by atoms with Crippen molar-refractivity contribution in [1.82, 2.24) is 5.32 Å². The molecule has 3 rings (SSSR count). The molecule has 0 unspecified atom stereocenters. The molecule has 6 heteroatoms. The van der Waals surface area contributed by atoms with Crippen molar-refractivity contribution in [3.8, 4) is 11.3 Å². The molecule has 0 radical (unpaired) electrons. The van der Waals surface area contributed by atoms with E-state index in [2.05, 4.69) is 5.32 Å². The van der Waals surface area contributed by atoms with Gasteiger partial charge in [0.2, 0.25) is 0 Å². The molecule has 1 amide bonds. The minimum atomic E-state index is -0.842. The van der Waals surface area contributed by atoms with Crippen LogP contribution in [0.2, 0.25) is 0 Å². The predicted octanol–water partition coefficient (Wildman–Crippen LogP) is 2.68. The van der Waals surface area contributed by atoms with Gasteiger partial charge in [-0.25, -0.2) is 4.39 Å². The van der Waals surface area contributed by atoms with Gasteiger partial charge in [-0.15, -0.1) is 0 Å². The highest BCUT2D eigenvalue weighted by atomic mass is 19.1. The molecule has 0 aliphatic heterocycles. The summed E-state index contributed by atoms with van der Waals surface area (Å²) in [6.07, 6.45) is 0.837. The molecule has 2 aromatic rings. The first kappa shape index (κ1) is 14.3. The summed E-state index contributed by atoms with van der Waals surface area (Å²) >= 11 is 0. The highest BCUT2D eigenvalue weighted by Crippen LogP contribution is 2.28. The van der Waals surface area contributed by atoms with Crippen LogP contribution in [0.25, 0.3) is 11.3 Å². The van der Waals surface area contributed by atoms with E-state index in [1.807, 2.05) is 0 Å². The summed E-state index contributed by atoms with van der Waals surface area (Å²) in [5.41, 5.74) is 0.288. The first-order valence-corrected chi connectivity index (χ1v) is 6.93. The maximum absolute atomic E-state index is 13.7. The number of furan rings is 1. The van der Waals surface area contributed by atoms with Crippen molar-refractivity contribution < 1.29 is 23.5 Å². The highest BCUT2D eigenvalue weighted by molar-refractivity contribution is 5.92. The Bertz CT molecular complexity index is 718. The zero-order valence-corrected chi connectivity index (χ0v) is 11.6. The molecule has 1 aliphatic carbocycles. The van der Waals surface area contributed by atoms with Gasteiger partial charge >= 0.3 is 5.97 Å². The van der Waals surface area contributed by atoms with Crippen molar-refractivity contribution in [2.75, 3.05) is 0 Å². The van der Waals surface area contributed by atoms with Gasteiger partial charge in [0.1, 0.15) is 11.6 Å². The molecule has 0 saturated heterocycles. The fourth-order valence-corrected chi connectivity index (χ4v) is 2.46. The molecule has 1 aromatic carbocycles. The number of benzene rings is 1. The fraction of sp³-hybridized carbons (Fsp3) is 0.250. The number of carbonyl (C=O) groups excluding carboxylic acids is 1. The molecule has 114 valence electrons. The van der Waals surface area contributed by atoms with Crippen LogP contribution in [0.4, 0.5) is 4.39 Å². The van der Waals surface area contributed by atoms with E-state index in [4.69, 9.17) is 9.52 Å². The van der Waals surface area contributed by atoms with Gasteiger partial charge in [-0.05, 0) is 37.1 Å². The molecule has 1 aromatic heterocycles. The average Bonchev–Trinajstić information content (AvgIpc) is 2.91. The standard InChI is InChI=1S/C16H14FNO4/c17-12-4-2-1-3-11(12)13-5-6-14(22-13)15(19)18-10-7-9(8-10)16(20)21/h1-6,9-10H,7-8H2,(H,18,19)(H,20,21). The largest absolute Gasteiger partial charge is 0.481 e. The second-order valence-corrected chi connectivity index (χ2v) is 5.32. The molecular weight excluding hydrogens is 289 g/mol. The van der Waals surface area contributed by atoms with Crippen LogP contribution in [0, 0.1) is 11.7 Å². The summed E-state index contributed by atoms with van der Waals surface area (Å²) in [5, 5.41) is 11.5. The topological polar surface area (TPSA) is 79.5 Å². The zero-order valence-electron chi connectivity index (χ0n) is 11.6. The monoisotopic (exact) mass is 303 g/mol. The Morgan fingerprint density at radius 1 is 1.18 bits per heavy atom. The SMILES string of the molecule is O=C(NC1CC(C(=O)O)C1)c1ccc(-c2ccccc2F)o1. The number of amides is 1. The second kappa shape index (κ2) is 5.63. The Hall–Kier alpha value is -2.63. The molecule has 2 N–H and O–H groups in total. The number of carbonyl (C=O) groups is 2. The first-order valence-electron chi connectivity index (χ1n) is 6.93. The molecule has 1 heterocycles. The van der Waals surface area contributed by atoms with Crippen molar-refractivity contribution in [3.63, 3.8) is 0 Å². The number of nitrogens with one attached hydrogen (secondary N) is 1. The van der Waals surface area contributed by atoms with Crippen LogP contribution in [-0.4, -0.2) is 23.0 Å². The predicted molar refractivity (Wildman–Crippen MR) is 75.7 cm³/mol. The molecule has 0 bridgehead atoms. The molecule has 1 fully saturated rings. The lowest BCUT2D eigenvalue weighted by Gasteiger charge is -2.32. The maximum Gasteiger partial charge on any atom is 0.306 e. The van der Waals surface area contributed by atoms with E-state index in [0.717, 1.165) is 0 Å². The van der Waals surface area contributed by atoms with Crippen molar-refractivity contribution in [2.24, 2.45) is 5.92 Å². The van der Waals surface area contributed by atoms with Crippen LogP contribution >= 0.6 is 0 Å². The molecule has 1 saturated carbocycles. The summed E-state index contributed by atoms with van der Waals surface area (Å²) in [7, 11) is 0. The quantitative estimate of drug-likeness (QED) is 0.910. The molecule has 5 nitrogen and oxygen atoms in total. The van der Waals surface area contributed by atoms with E-state index in [9.17, 15) is 14.0 Å². The lowest BCUT2D eigenvalue weighted by atomic mass is 9.80. The average molecular weight is 303 g/mol. The molecular formula is C16H14FNO4. The van der Waals surface area contributed by atoms with E-state index in [1.54, 1.807) is 18.2 Å². The Balaban J connectivity index is 1.66. The van der Waals surface area contributed by atoms with Crippen LogP contribution in [0.5, 0.6) is 0 Å². The summed E-state index contributed by atoms with van der Waals surface area (Å²) in [4.78, 5) is 22.7. The lowest BCUT2D eigenvalue weighted by molar-refractivity contribution is -0.145. The van der Waals surface area contributed by atoms with E-state index < -0.39 is 23.6 Å². The Morgan fingerprint density at radius 3 is 2.59 bits per heavy atom. The third-order valence-corrected chi connectivity index (χ3v) is 3.79. The van der Waals surface area contributed by atoms with Gasteiger partial charge in [0.15, 0.2) is 5.76 Å². The van der Waals surface area contributed by atoms with Crippen LogP contribution in [0.15, 0.2) is 40.8 Å². The Labute approximate surface area is 125 Å². The third-order valence-electron chi connectivity index (χ3n) is 3.79. The first-order chi connectivity index (χ1) is 10.5. The van der Waals surface area contributed by atoms with Gasteiger partial charge in [0, 0.05) is 6.04 Å². The van der Waals surface area contributed by atoms with Crippen molar-refractivity contribution >= 4 is 11.9 Å². The van der Waals surface area contributed by atoms with E-state index in [-0.39, 0.29) is 23.1 Å². The van der Waals surface area contributed by atoms with Crippen LogP contribution in [-0.2, 0) is 4.79 Å². The van der Waals surface area contributed by atoms with E-state index in [1.165, 1.54) is 18.2 Å². The van der Waals surface area contributed by atoms with Gasteiger partial charge in [0.05, 0.1) is 11.5 Å². The minimum Gasteiger partial charge on any atom is -0.481 e. The number of rotatable bonds is 4. The molecule has 0 atom stereocenters. The summed E-state index contributed by atoms with van der Waals surface area (Å²) in [5.74, 6) is -1.72. The fourth-order valence-electron chi connectivity index (χ4n) is 2.46. The number of hydrogen-bond acceptors (Lipinski definition) is 3. The van der Waals surface area contributed by atoms with E-state index >= 15 is 0 Å². The lowest BCUT2D eigenvalue weighted by Crippen LogP contribution is -2.46. The van der Waals surface area contributed by atoms with Crippen LogP contribution < -0.4 is 5.32 Å². The van der Waals surface area contributed by atoms with Gasteiger partial charge < -0.3 is 14.8 Å². The van der Waals surface area contributed by atoms with E-state index in [0.29, 0.717) is 12.8 Å². The summed E-state index contributed by atoms with van der Waals surface area (Å²) in [6, 6.07) is 9.00. The third kappa shape index (κ3) is 2.72. The van der Waals surface area contributed by atoms with Crippen molar-refractivity contribution in [2.45, 2.75) is 18.9 Å². The minimum absolute atomic E-state index is 0.0806. The van der Waals surface area contributed by atoms with Gasteiger partial charge in [-0.1, -0.05) is 12.1 Å². The van der Waals surface area contributed by atoms with Crippen LogP contribution in [0.3, 0.4) is 0 Å². The summed E-state index contributed by atoms with van der Waals surface area (Å²) < 4.78 is 19.0. The smallest absolute Gasteiger partial charge is 0.306 e. The van der Waals surface area contributed by atoms with Gasteiger partial charge in [0.25, 0.3) is 5.91 Å². The Morgan fingerprint density at radius 2 is 1.91 bits per heavy atom. The number of halogens is 1. The molecule has 22 heavy (non-hydrogen) atoms. The number of carboxylic acids is 1. The highest BCUT2D eigenvalue weighted by Gasteiger charge is 2.35. The number of aliphatic carboxylic acids is 1. The summed E-state index contributed by atoms with van der Waals surface area (Å²) in [6.45, 7) is 0. The van der Waals surface area contributed by atoms with Crippen molar-refractivity contribution in [1.29, 1.82) is 0 Å². The number of hydrogen-bond donors (Lipinski definition) is 2. The van der Waals surface area contributed by atoms with Gasteiger partial charge in [-0.3, -0.25) is 9.59 Å². The number of carboxylic acid groups (broad SMARTS) is 1. The van der Waals surface area contributed by atoms with Crippen molar-refractivity contribution in [3.05, 3.63) is 48.0 Å². The zero-order chi connectivity index (χ0) is 15.7. The second-order valence-electron chi connectivity index (χ2n) is 5.32. The maximum atomic E-state index is 13.7. The Kier molecular flexibility index (Phi) is 3.66. The molecule has 1 aliphatic rings. The normalized spacial score (nSPS) is 20.2.